The molecule has 1 heterocycles. The Morgan fingerprint density at radius 3 is 2.22 bits per heavy atom. The van der Waals surface area contributed by atoms with Crippen LogP contribution in [0, 0.1) is 20.2 Å². The standard InChI is InChI=1S/C24H18N4O8/c1-34-21-11-8-16(12-22(21)35-2)19-14-23(36-24(29)15-6-4-3-5-7-15)25-26(19)18-10-9-17(27(30)31)13-20(18)28(32)33/h3-14H,1-2H3. The lowest BCUT2D eigenvalue weighted by molar-refractivity contribution is -0.394. The summed E-state index contributed by atoms with van der Waals surface area (Å²) in [6.45, 7) is 0. The van der Waals surface area contributed by atoms with Gasteiger partial charge in [0.05, 0.1) is 41.4 Å². The summed E-state index contributed by atoms with van der Waals surface area (Å²) < 4.78 is 17.2. The molecule has 0 unspecified atom stereocenters. The van der Waals surface area contributed by atoms with E-state index in [0.717, 1.165) is 12.1 Å². The van der Waals surface area contributed by atoms with E-state index in [1.807, 2.05) is 0 Å². The lowest BCUT2D eigenvalue weighted by atomic mass is 10.1. The number of carbonyl (C=O) groups excluding carboxylic acids is 1. The average Bonchev–Trinajstić information content (AvgIpc) is 3.31. The summed E-state index contributed by atoms with van der Waals surface area (Å²) in [6, 6.07) is 17.7. The number of carbonyl (C=O) groups is 1. The molecule has 0 saturated carbocycles. The molecule has 4 aromatic rings. The van der Waals surface area contributed by atoms with Gasteiger partial charge in [-0.25, -0.2) is 9.48 Å². The molecule has 0 saturated heterocycles. The molecule has 0 amide bonds. The first-order valence-corrected chi connectivity index (χ1v) is 10.3. The van der Waals surface area contributed by atoms with E-state index in [-0.39, 0.29) is 17.1 Å². The van der Waals surface area contributed by atoms with Gasteiger partial charge in [0.15, 0.2) is 11.5 Å². The van der Waals surface area contributed by atoms with Crippen LogP contribution in [0.15, 0.2) is 72.8 Å². The van der Waals surface area contributed by atoms with Crippen molar-refractivity contribution in [3.63, 3.8) is 0 Å². The Labute approximate surface area is 203 Å². The highest BCUT2D eigenvalue weighted by atomic mass is 16.6. The van der Waals surface area contributed by atoms with Gasteiger partial charge in [0.2, 0.25) is 5.88 Å². The van der Waals surface area contributed by atoms with Crippen LogP contribution >= 0.6 is 0 Å². The van der Waals surface area contributed by atoms with Crippen molar-refractivity contribution in [3.05, 3.63) is 98.6 Å². The molecule has 0 aliphatic heterocycles. The van der Waals surface area contributed by atoms with Crippen LogP contribution < -0.4 is 14.2 Å². The third-order valence-electron chi connectivity index (χ3n) is 5.17. The van der Waals surface area contributed by atoms with E-state index in [1.165, 1.54) is 31.0 Å². The molecule has 12 nitrogen and oxygen atoms in total. The average molecular weight is 490 g/mol. The van der Waals surface area contributed by atoms with Crippen LogP contribution in [0.1, 0.15) is 10.4 Å². The lowest BCUT2D eigenvalue weighted by Gasteiger charge is -2.11. The number of aromatic nitrogens is 2. The van der Waals surface area contributed by atoms with Crippen LogP contribution in [-0.2, 0) is 0 Å². The molecule has 0 radical (unpaired) electrons. The minimum Gasteiger partial charge on any atom is -0.493 e. The molecular formula is C24H18N4O8. The summed E-state index contributed by atoms with van der Waals surface area (Å²) >= 11 is 0. The summed E-state index contributed by atoms with van der Waals surface area (Å²) in [6.07, 6.45) is 0. The Balaban J connectivity index is 1.88. The Hall–Kier alpha value is -5.26. The number of nitro groups is 2. The van der Waals surface area contributed by atoms with Gasteiger partial charge in [-0.3, -0.25) is 20.2 Å². The van der Waals surface area contributed by atoms with Crippen molar-refractivity contribution in [2.45, 2.75) is 0 Å². The Bertz CT molecular complexity index is 1470. The molecule has 0 aliphatic rings. The summed E-state index contributed by atoms with van der Waals surface area (Å²) in [4.78, 5) is 34.1. The van der Waals surface area contributed by atoms with Gasteiger partial charge in [-0.15, -0.1) is 5.10 Å². The Kier molecular flexibility index (Phi) is 6.59. The summed E-state index contributed by atoms with van der Waals surface area (Å²) in [5.41, 5.74) is -0.0204. The number of esters is 1. The quantitative estimate of drug-likeness (QED) is 0.196. The van der Waals surface area contributed by atoms with E-state index >= 15 is 0 Å². The monoisotopic (exact) mass is 490 g/mol. The number of benzene rings is 3. The molecule has 0 atom stereocenters. The Morgan fingerprint density at radius 2 is 1.58 bits per heavy atom. The normalized spacial score (nSPS) is 10.5. The van der Waals surface area contributed by atoms with Crippen LogP contribution in [-0.4, -0.2) is 39.8 Å². The van der Waals surface area contributed by atoms with Crippen LogP contribution in [0.5, 0.6) is 17.4 Å². The maximum absolute atomic E-state index is 12.6. The van der Waals surface area contributed by atoms with E-state index in [2.05, 4.69) is 5.10 Å². The molecule has 0 N–H and O–H groups in total. The molecule has 0 aliphatic carbocycles. The van der Waals surface area contributed by atoms with Crippen LogP contribution in [0.3, 0.4) is 0 Å². The fourth-order valence-electron chi connectivity index (χ4n) is 3.47. The number of rotatable bonds is 8. The molecule has 0 fully saturated rings. The van der Waals surface area contributed by atoms with E-state index in [1.54, 1.807) is 48.5 Å². The minimum atomic E-state index is -0.752. The Morgan fingerprint density at radius 1 is 0.861 bits per heavy atom. The van der Waals surface area contributed by atoms with E-state index in [9.17, 15) is 25.0 Å². The second-order valence-corrected chi connectivity index (χ2v) is 7.29. The van der Waals surface area contributed by atoms with Gasteiger partial charge in [0.25, 0.3) is 5.69 Å². The number of nitro benzene ring substituents is 2. The maximum atomic E-state index is 12.6. The van der Waals surface area contributed by atoms with Crippen molar-refractivity contribution in [3.8, 4) is 34.3 Å². The van der Waals surface area contributed by atoms with Crippen LogP contribution in [0.2, 0.25) is 0 Å². The predicted molar refractivity (Wildman–Crippen MR) is 127 cm³/mol. The largest absolute Gasteiger partial charge is 0.493 e. The molecular weight excluding hydrogens is 472 g/mol. The van der Waals surface area contributed by atoms with Gasteiger partial charge in [-0.05, 0) is 36.4 Å². The number of non-ortho nitro benzene ring substituents is 1. The number of hydrogen-bond acceptors (Lipinski definition) is 9. The fraction of sp³-hybridized carbons (Fsp3) is 0.0833. The fourth-order valence-corrected chi connectivity index (χ4v) is 3.47. The smallest absolute Gasteiger partial charge is 0.344 e. The topological polar surface area (TPSA) is 149 Å². The van der Waals surface area contributed by atoms with Crippen LogP contribution in [0.25, 0.3) is 16.9 Å². The van der Waals surface area contributed by atoms with E-state index in [0.29, 0.717) is 22.8 Å². The summed E-state index contributed by atoms with van der Waals surface area (Å²) in [5.74, 6) is 0.00624. The molecule has 12 heteroatoms. The second-order valence-electron chi connectivity index (χ2n) is 7.29. The summed E-state index contributed by atoms with van der Waals surface area (Å²) in [7, 11) is 2.93. The highest BCUT2D eigenvalue weighted by molar-refractivity contribution is 5.91. The first-order chi connectivity index (χ1) is 17.3. The highest BCUT2D eigenvalue weighted by Gasteiger charge is 2.25. The molecule has 1 aromatic heterocycles. The predicted octanol–water partition coefficient (Wildman–Crippen LogP) is 4.59. The van der Waals surface area contributed by atoms with Gasteiger partial charge in [0.1, 0.15) is 5.69 Å². The zero-order valence-corrected chi connectivity index (χ0v) is 19.0. The highest BCUT2D eigenvalue weighted by Crippen LogP contribution is 2.37. The van der Waals surface area contributed by atoms with Gasteiger partial charge in [-0.2, -0.15) is 0 Å². The van der Waals surface area contributed by atoms with Gasteiger partial charge in [-0.1, -0.05) is 18.2 Å². The molecule has 0 spiro atoms. The van der Waals surface area contributed by atoms with Crippen molar-refractivity contribution in [1.82, 2.24) is 9.78 Å². The first-order valence-electron chi connectivity index (χ1n) is 10.3. The second kappa shape index (κ2) is 9.93. The van der Waals surface area contributed by atoms with Gasteiger partial charge < -0.3 is 14.2 Å². The molecule has 0 bridgehead atoms. The van der Waals surface area contributed by atoms with Crippen molar-refractivity contribution >= 4 is 17.3 Å². The van der Waals surface area contributed by atoms with Crippen molar-refractivity contribution in [1.29, 1.82) is 0 Å². The number of hydrogen-bond donors (Lipinski definition) is 0. The maximum Gasteiger partial charge on any atom is 0.344 e. The number of nitrogens with zero attached hydrogens (tertiary/aromatic N) is 4. The third kappa shape index (κ3) is 4.68. The van der Waals surface area contributed by atoms with E-state index < -0.39 is 27.2 Å². The van der Waals surface area contributed by atoms with Crippen molar-refractivity contribution < 1.29 is 28.9 Å². The van der Waals surface area contributed by atoms with Gasteiger partial charge >= 0.3 is 11.7 Å². The van der Waals surface area contributed by atoms with Crippen LogP contribution in [0.4, 0.5) is 11.4 Å². The minimum absolute atomic E-state index is 0.0719. The summed E-state index contributed by atoms with van der Waals surface area (Å²) in [5, 5.41) is 27.2. The number of ether oxygens (including phenoxy) is 3. The van der Waals surface area contributed by atoms with Crippen molar-refractivity contribution in [2.75, 3.05) is 14.2 Å². The lowest BCUT2D eigenvalue weighted by Crippen LogP contribution is -2.09. The number of methoxy groups -OCH3 is 2. The molecule has 36 heavy (non-hydrogen) atoms. The molecule has 3 aromatic carbocycles. The third-order valence-corrected chi connectivity index (χ3v) is 5.17. The zero-order valence-electron chi connectivity index (χ0n) is 19.0. The van der Waals surface area contributed by atoms with Crippen molar-refractivity contribution in [2.24, 2.45) is 0 Å². The first kappa shape index (κ1) is 23.9. The van der Waals surface area contributed by atoms with Gasteiger partial charge in [0, 0.05) is 17.7 Å². The van der Waals surface area contributed by atoms with E-state index in [4.69, 9.17) is 14.2 Å². The molecule has 4 rings (SSSR count). The zero-order chi connectivity index (χ0) is 25.8. The SMILES string of the molecule is COc1ccc(-c2cc(OC(=O)c3ccccc3)nn2-c2ccc([N+](=O)[O-])cc2[N+](=O)[O-])cc1OC. The molecule has 182 valence electrons.